The van der Waals surface area contributed by atoms with E-state index in [1.54, 1.807) is 78.9 Å². The van der Waals surface area contributed by atoms with Crippen LogP contribution in [-0.4, -0.2) is 74.4 Å². The molecule has 0 aliphatic carbocycles. The lowest BCUT2D eigenvalue weighted by Gasteiger charge is -2.37. The van der Waals surface area contributed by atoms with Crippen molar-refractivity contribution in [3.8, 4) is 23.1 Å². The Labute approximate surface area is 349 Å². The van der Waals surface area contributed by atoms with Crippen LogP contribution >= 0.6 is 7.82 Å². The number of amides is 1. The normalized spacial score (nSPS) is 16.9. The fraction of sp³-hybridized carbons (Fsp3) is 0.231. The average Bonchev–Trinajstić information content (AvgIpc) is 3.87. The molecule has 3 atom stereocenters. The van der Waals surface area contributed by atoms with Gasteiger partial charge in [-0.3, -0.25) is 19.2 Å². The number of aromatic nitrogens is 4. The summed E-state index contributed by atoms with van der Waals surface area (Å²) in [5.74, 6) is -18.4. The summed E-state index contributed by atoms with van der Waals surface area (Å²) < 4.78 is 159. The van der Waals surface area contributed by atoms with Gasteiger partial charge in [0.1, 0.15) is 35.5 Å². The molecule has 332 valence electrons. The summed E-state index contributed by atoms with van der Waals surface area (Å²) in [4.78, 5) is 43.1. The molecule has 1 amide bonds. The average molecular weight is 912 g/mol. The molecule has 0 bridgehead atoms. The zero-order valence-electron chi connectivity index (χ0n) is 32.1. The molecular weight excluding hydrogens is 881 g/mol. The van der Waals surface area contributed by atoms with Crippen molar-refractivity contribution in [2.24, 2.45) is 0 Å². The number of alkyl halides is 3. The van der Waals surface area contributed by atoms with E-state index >= 15 is 0 Å². The van der Waals surface area contributed by atoms with Crippen molar-refractivity contribution in [3.05, 3.63) is 131 Å². The molecule has 3 N–H and O–H groups in total. The zero-order chi connectivity index (χ0) is 45.4. The predicted octanol–water partition coefficient (Wildman–Crippen LogP) is 7.61. The number of halogens is 8. The van der Waals surface area contributed by atoms with Crippen molar-refractivity contribution in [3.63, 3.8) is 0 Å². The Balaban J connectivity index is 1.31. The lowest BCUT2D eigenvalue weighted by molar-refractivity contribution is -0.167. The first-order valence-electron chi connectivity index (χ1n) is 18.0. The molecule has 24 heteroatoms. The Hall–Kier alpha value is -6.23. The van der Waals surface area contributed by atoms with Gasteiger partial charge in [-0.15, -0.1) is 0 Å². The number of phosphoric ester groups is 1. The molecule has 0 saturated carbocycles. The Morgan fingerprint density at radius 3 is 1.89 bits per heavy atom. The van der Waals surface area contributed by atoms with Gasteiger partial charge in [-0.2, -0.15) is 31.9 Å². The second-order valence-electron chi connectivity index (χ2n) is 13.4. The van der Waals surface area contributed by atoms with Gasteiger partial charge >= 0.3 is 19.9 Å². The van der Waals surface area contributed by atoms with E-state index in [-0.39, 0.29) is 0 Å². The van der Waals surface area contributed by atoms with Gasteiger partial charge in [0.2, 0.25) is 40.8 Å². The fourth-order valence-electron chi connectivity index (χ4n) is 6.76. The fourth-order valence-corrected chi connectivity index (χ4v) is 7.34. The summed E-state index contributed by atoms with van der Waals surface area (Å²) in [6, 6.07) is 22.5. The Morgan fingerprint density at radius 1 is 0.825 bits per heavy atom. The van der Waals surface area contributed by atoms with Crippen LogP contribution in [0.25, 0.3) is 11.2 Å². The van der Waals surface area contributed by atoms with Crippen LogP contribution in [0.5, 0.6) is 23.1 Å². The Bertz CT molecular complexity index is 2610. The SMILES string of the molecule is COc1ccc(C(OC[C@H]2O[C@@H](n3cnc4c(Oc5c(F)c(F)c(F)c(F)c5F)nc(NC(=O)C(F)(F)F)nc43)C[C@@H]2OP(=O)(O)O)(c2ccccc2)c2ccc(OC)cc2)cc1. The van der Waals surface area contributed by atoms with Crippen LogP contribution in [0, 0.1) is 29.1 Å². The third-order valence-corrected chi connectivity index (χ3v) is 10.2. The van der Waals surface area contributed by atoms with Crippen molar-refractivity contribution in [1.29, 1.82) is 0 Å². The standard InChI is InChI=1S/C39H30F8N5O10P/c1-57-22-12-8-20(9-13-22)38(19-6-4-3-5-7-19,21-10-14-23(58-2)15-11-21)59-17-25-24(62-63(54,55)56)16-26(60-25)52-18-48-32-34(52)49-37(51-36(53)39(45,46)47)50-35(32)61-33-30(43)28(41)27(40)29(42)31(33)44/h3-15,18,24-26H,16-17H2,1-2H3,(H2,54,55,56)(H,49,50,51,53)/t24-,25+,26+/m0/s1. The number of hydrogen-bond acceptors (Lipinski definition) is 11. The van der Waals surface area contributed by atoms with Crippen molar-refractivity contribution < 1.29 is 82.5 Å². The first-order chi connectivity index (χ1) is 29.8. The number of imidazole rings is 1. The lowest BCUT2D eigenvalue weighted by atomic mass is 9.80. The number of phosphoric acid groups is 1. The summed E-state index contributed by atoms with van der Waals surface area (Å²) >= 11 is 0. The molecular formula is C39H30F8N5O10P. The van der Waals surface area contributed by atoms with E-state index in [0.29, 0.717) is 28.2 Å². The highest BCUT2D eigenvalue weighted by atomic mass is 31.2. The molecule has 3 heterocycles. The zero-order valence-corrected chi connectivity index (χ0v) is 33.0. The minimum absolute atomic E-state index is 0.476. The van der Waals surface area contributed by atoms with Gasteiger partial charge < -0.3 is 33.5 Å². The molecule has 0 radical (unpaired) electrons. The van der Waals surface area contributed by atoms with Gasteiger partial charge in [0.25, 0.3) is 5.88 Å². The number of fused-ring (bicyclic) bond motifs is 1. The van der Waals surface area contributed by atoms with Crippen LogP contribution in [0.2, 0.25) is 0 Å². The molecule has 63 heavy (non-hydrogen) atoms. The molecule has 15 nitrogen and oxygen atoms in total. The van der Waals surface area contributed by atoms with Gasteiger partial charge in [-0.25, -0.2) is 22.7 Å². The third kappa shape index (κ3) is 9.01. The van der Waals surface area contributed by atoms with Gasteiger partial charge in [0, 0.05) is 6.42 Å². The van der Waals surface area contributed by atoms with E-state index in [2.05, 4.69) is 15.0 Å². The summed E-state index contributed by atoms with van der Waals surface area (Å²) in [6.45, 7) is -0.503. The number of anilines is 1. The first-order valence-corrected chi connectivity index (χ1v) is 19.6. The van der Waals surface area contributed by atoms with Crippen LogP contribution in [0.3, 0.4) is 0 Å². The molecule has 1 aliphatic heterocycles. The highest BCUT2D eigenvalue weighted by Gasteiger charge is 2.46. The highest BCUT2D eigenvalue weighted by Crippen LogP contribution is 2.47. The Kier molecular flexibility index (Phi) is 12.4. The number of carbonyl (C=O) groups excluding carboxylic acids is 1. The van der Waals surface area contributed by atoms with E-state index in [1.807, 2.05) is 0 Å². The number of carbonyl (C=O) groups is 1. The second-order valence-corrected chi connectivity index (χ2v) is 14.6. The van der Waals surface area contributed by atoms with E-state index in [9.17, 15) is 54.3 Å². The predicted molar refractivity (Wildman–Crippen MR) is 200 cm³/mol. The van der Waals surface area contributed by atoms with Crippen molar-refractivity contribution in [2.75, 3.05) is 26.1 Å². The van der Waals surface area contributed by atoms with E-state index in [1.165, 1.54) is 19.5 Å². The topological polar surface area (TPSA) is 186 Å². The number of nitrogens with zero attached hydrogens (tertiary/aromatic N) is 4. The summed E-state index contributed by atoms with van der Waals surface area (Å²) in [6.07, 6.45) is -9.51. The van der Waals surface area contributed by atoms with Crippen LogP contribution in [0.15, 0.2) is 85.2 Å². The van der Waals surface area contributed by atoms with Crippen LogP contribution in [-0.2, 0) is 29.0 Å². The lowest BCUT2D eigenvalue weighted by Crippen LogP contribution is -2.38. The number of benzene rings is 4. The maximum atomic E-state index is 14.7. The molecule has 2 aromatic heterocycles. The van der Waals surface area contributed by atoms with Gasteiger partial charge in [-0.1, -0.05) is 54.6 Å². The number of rotatable bonds is 14. The van der Waals surface area contributed by atoms with Crippen LogP contribution in [0.4, 0.5) is 41.1 Å². The number of nitrogens with one attached hydrogen (secondary N) is 1. The smallest absolute Gasteiger partial charge is 0.471 e. The van der Waals surface area contributed by atoms with E-state index in [4.69, 9.17) is 28.2 Å². The monoisotopic (exact) mass is 911 g/mol. The molecule has 7 rings (SSSR count). The largest absolute Gasteiger partial charge is 0.497 e. The van der Waals surface area contributed by atoms with E-state index in [0.717, 1.165) is 10.9 Å². The van der Waals surface area contributed by atoms with Gasteiger partial charge in [0.05, 0.1) is 27.2 Å². The molecule has 4 aromatic carbocycles. The molecule has 1 fully saturated rings. The summed E-state index contributed by atoms with van der Waals surface area (Å²) in [7, 11) is -2.36. The highest BCUT2D eigenvalue weighted by molar-refractivity contribution is 7.46. The van der Waals surface area contributed by atoms with Gasteiger partial charge in [-0.05, 0) is 41.0 Å². The summed E-state index contributed by atoms with van der Waals surface area (Å²) in [5, 5.41) is 1.31. The number of methoxy groups -OCH3 is 2. The van der Waals surface area contributed by atoms with Crippen molar-refractivity contribution in [1.82, 2.24) is 19.5 Å². The van der Waals surface area contributed by atoms with E-state index < -0.39 is 115 Å². The van der Waals surface area contributed by atoms with Crippen molar-refractivity contribution in [2.45, 2.75) is 36.6 Å². The van der Waals surface area contributed by atoms with Crippen LogP contribution in [0.1, 0.15) is 29.3 Å². The minimum atomic E-state index is -5.54. The first kappa shape index (κ1) is 44.8. The molecule has 6 aromatic rings. The summed E-state index contributed by atoms with van der Waals surface area (Å²) in [5.41, 5.74) is -1.12. The number of hydrogen-bond donors (Lipinski definition) is 3. The molecule has 0 unspecified atom stereocenters. The van der Waals surface area contributed by atoms with Gasteiger partial charge in [0.15, 0.2) is 11.2 Å². The molecule has 1 aliphatic rings. The molecule has 1 saturated heterocycles. The van der Waals surface area contributed by atoms with Crippen molar-refractivity contribution >= 4 is 30.8 Å². The quantitative estimate of drug-likeness (QED) is 0.0319. The number of ether oxygens (including phenoxy) is 5. The second kappa shape index (κ2) is 17.5. The minimum Gasteiger partial charge on any atom is -0.497 e. The maximum absolute atomic E-state index is 14.7. The van der Waals surface area contributed by atoms with Crippen LogP contribution < -0.4 is 19.5 Å². The third-order valence-electron chi connectivity index (χ3n) is 9.64. The molecule has 0 spiro atoms. The maximum Gasteiger partial charge on any atom is 0.471 e. The Morgan fingerprint density at radius 2 is 1.37 bits per heavy atom.